The molecule has 27 heavy (non-hydrogen) atoms. The van der Waals surface area contributed by atoms with E-state index in [0.717, 1.165) is 5.56 Å². The Kier molecular flexibility index (Phi) is 6.39. The van der Waals surface area contributed by atoms with E-state index in [0.29, 0.717) is 43.8 Å². The molecule has 0 aromatic heterocycles. The molecule has 1 saturated heterocycles. The second-order valence-electron chi connectivity index (χ2n) is 6.46. The van der Waals surface area contributed by atoms with E-state index in [1.54, 1.807) is 36.4 Å². The zero-order valence-corrected chi connectivity index (χ0v) is 14.9. The van der Waals surface area contributed by atoms with Crippen molar-refractivity contribution in [2.75, 3.05) is 13.2 Å². The molecule has 0 aliphatic carbocycles. The van der Waals surface area contributed by atoms with Crippen molar-refractivity contribution in [3.8, 4) is 11.8 Å². The van der Waals surface area contributed by atoms with Crippen LogP contribution in [-0.4, -0.2) is 31.3 Å². The molecular weight excluding hydrogens is 347 g/mol. The number of ether oxygens (including phenoxy) is 2. The van der Waals surface area contributed by atoms with Crippen LogP contribution in [-0.2, 0) is 16.0 Å². The van der Waals surface area contributed by atoms with E-state index in [2.05, 4.69) is 11.4 Å². The number of hydrogen-bond donors (Lipinski definition) is 1. The fraction of sp³-hybridized carbons (Fsp3) is 0.333. The minimum atomic E-state index is -0.290. The van der Waals surface area contributed by atoms with E-state index in [1.807, 2.05) is 0 Å². The maximum Gasteiger partial charge on any atom is 0.220 e. The average molecular weight is 368 g/mol. The summed E-state index contributed by atoms with van der Waals surface area (Å²) in [5.74, 6) is 0.280. The summed E-state index contributed by atoms with van der Waals surface area (Å²) in [7, 11) is 0. The van der Waals surface area contributed by atoms with Gasteiger partial charge in [-0.3, -0.25) is 4.79 Å². The van der Waals surface area contributed by atoms with Crippen LogP contribution in [0.4, 0.5) is 4.39 Å². The molecule has 0 bridgehead atoms. The van der Waals surface area contributed by atoms with Crippen molar-refractivity contribution < 1.29 is 18.7 Å². The van der Waals surface area contributed by atoms with Crippen molar-refractivity contribution in [1.29, 1.82) is 5.26 Å². The van der Waals surface area contributed by atoms with E-state index in [4.69, 9.17) is 14.7 Å². The third-order valence-corrected chi connectivity index (χ3v) is 4.48. The molecule has 0 spiro atoms. The summed E-state index contributed by atoms with van der Waals surface area (Å²) < 4.78 is 24.4. The predicted octanol–water partition coefficient (Wildman–Crippen LogP) is 2.98. The Labute approximate surface area is 157 Å². The van der Waals surface area contributed by atoms with Gasteiger partial charge in [0, 0.05) is 13.0 Å². The Morgan fingerprint density at radius 1 is 1.22 bits per heavy atom. The molecule has 3 rings (SSSR count). The van der Waals surface area contributed by atoms with Gasteiger partial charge in [-0.1, -0.05) is 12.1 Å². The number of nitrogens with one attached hydrogen (secondary N) is 1. The molecule has 6 heteroatoms. The molecule has 1 aliphatic rings. The SMILES string of the molecule is N#Cc1ccc(O[C@@H]2COCC[C@H]2NC(=O)CCc2ccc(F)cc2)cc1. The Balaban J connectivity index is 1.53. The van der Waals surface area contributed by atoms with Gasteiger partial charge in [0.05, 0.1) is 24.3 Å². The number of carbonyl (C=O) groups excluding carboxylic acids is 1. The van der Waals surface area contributed by atoms with E-state index in [1.165, 1.54) is 12.1 Å². The van der Waals surface area contributed by atoms with Gasteiger partial charge in [0.1, 0.15) is 17.7 Å². The third-order valence-electron chi connectivity index (χ3n) is 4.48. The van der Waals surface area contributed by atoms with Gasteiger partial charge in [-0.25, -0.2) is 4.39 Å². The van der Waals surface area contributed by atoms with Crippen LogP contribution in [0.3, 0.4) is 0 Å². The van der Waals surface area contributed by atoms with Crippen LogP contribution in [0.2, 0.25) is 0 Å². The standard InChI is InChI=1S/C21H21FN2O3/c22-17-6-1-15(2-7-17)5-10-21(25)24-19-11-12-26-14-20(19)27-18-8-3-16(13-23)4-9-18/h1-4,6-9,19-20H,5,10-12,14H2,(H,24,25)/t19-,20-/m1/s1. The number of rotatable bonds is 6. The molecule has 0 saturated carbocycles. The van der Waals surface area contributed by atoms with E-state index >= 15 is 0 Å². The lowest BCUT2D eigenvalue weighted by Gasteiger charge is -2.32. The van der Waals surface area contributed by atoms with Crippen LogP contribution >= 0.6 is 0 Å². The molecule has 1 aliphatic heterocycles. The molecule has 0 radical (unpaired) electrons. The monoisotopic (exact) mass is 368 g/mol. The fourth-order valence-electron chi connectivity index (χ4n) is 2.96. The summed E-state index contributed by atoms with van der Waals surface area (Å²) >= 11 is 0. The Morgan fingerprint density at radius 2 is 1.96 bits per heavy atom. The lowest BCUT2D eigenvalue weighted by atomic mass is 10.0. The van der Waals surface area contributed by atoms with Gasteiger partial charge in [0.15, 0.2) is 0 Å². The van der Waals surface area contributed by atoms with Gasteiger partial charge in [-0.05, 0) is 54.8 Å². The first-order valence-corrected chi connectivity index (χ1v) is 8.92. The van der Waals surface area contributed by atoms with Gasteiger partial charge in [0.25, 0.3) is 0 Å². The van der Waals surface area contributed by atoms with Crippen molar-refractivity contribution in [2.24, 2.45) is 0 Å². The predicted molar refractivity (Wildman–Crippen MR) is 97.7 cm³/mol. The van der Waals surface area contributed by atoms with Crippen molar-refractivity contribution in [1.82, 2.24) is 5.32 Å². The molecule has 1 amide bonds. The van der Waals surface area contributed by atoms with Crippen LogP contribution < -0.4 is 10.1 Å². The number of aryl methyl sites for hydroxylation is 1. The highest BCUT2D eigenvalue weighted by atomic mass is 19.1. The molecule has 2 atom stereocenters. The minimum Gasteiger partial charge on any atom is -0.486 e. The van der Waals surface area contributed by atoms with E-state index in [9.17, 15) is 9.18 Å². The molecule has 1 N–H and O–H groups in total. The normalized spacial score (nSPS) is 19.1. The van der Waals surface area contributed by atoms with Crippen LogP contribution in [0, 0.1) is 17.1 Å². The third kappa shape index (κ3) is 5.53. The average Bonchev–Trinajstić information content (AvgIpc) is 2.70. The van der Waals surface area contributed by atoms with Gasteiger partial charge >= 0.3 is 0 Å². The number of hydrogen-bond acceptors (Lipinski definition) is 4. The topological polar surface area (TPSA) is 71.3 Å². The first kappa shape index (κ1) is 18.9. The van der Waals surface area contributed by atoms with Gasteiger partial charge in [0.2, 0.25) is 5.91 Å². The number of nitrogens with zero attached hydrogens (tertiary/aromatic N) is 1. The molecule has 0 unspecified atom stereocenters. The molecule has 140 valence electrons. The van der Waals surface area contributed by atoms with Crippen molar-refractivity contribution in [2.45, 2.75) is 31.4 Å². The lowest BCUT2D eigenvalue weighted by molar-refractivity contribution is -0.123. The first-order chi connectivity index (χ1) is 13.1. The molecule has 2 aromatic rings. The largest absolute Gasteiger partial charge is 0.486 e. The summed E-state index contributed by atoms with van der Waals surface area (Å²) in [6.45, 7) is 0.957. The van der Waals surface area contributed by atoms with E-state index < -0.39 is 0 Å². The fourth-order valence-corrected chi connectivity index (χ4v) is 2.96. The zero-order valence-electron chi connectivity index (χ0n) is 14.9. The maximum absolute atomic E-state index is 12.9. The minimum absolute atomic E-state index is 0.0698. The van der Waals surface area contributed by atoms with Crippen LogP contribution in [0.1, 0.15) is 24.0 Å². The second kappa shape index (κ2) is 9.15. The van der Waals surface area contributed by atoms with Gasteiger partial charge in [-0.2, -0.15) is 5.26 Å². The number of halogens is 1. The first-order valence-electron chi connectivity index (χ1n) is 8.92. The summed E-state index contributed by atoms with van der Waals surface area (Å²) in [5, 5.41) is 11.9. The summed E-state index contributed by atoms with van der Waals surface area (Å²) in [6, 6.07) is 14.9. The highest BCUT2D eigenvalue weighted by Crippen LogP contribution is 2.18. The Bertz CT molecular complexity index is 800. The highest BCUT2D eigenvalue weighted by molar-refractivity contribution is 5.76. The van der Waals surface area contributed by atoms with Gasteiger partial charge in [-0.15, -0.1) is 0 Å². The number of nitriles is 1. The molecule has 2 aromatic carbocycles. The Morgan fingerprint density at radius 3 is 2.67 bits per heavy atom. The van der Waals surface area contributed by atoms with Crippen molar-refractivity contribution in [3.05, 3.63) is 65.5 Å². The summed E-state index contributed by atoms with van der Waals surface area (Å²) in [4.78, 5) is 12.3. The smallest absolute Gasteiger partial charge is 0.220 e. The zero-order chi connectivity index (χ0) is 19.1. The van der Waals surface area contributed by atoms with Crippen LogP contribution in [0.25, 0.3) is 0 Å². The summed E-state index contributed by atoms with van der Waals surface area (Å²) in [6.07, 6.45) is 1.26. The lowest BCUT2D eigenvalue weighted by Crippen LogP contribution is -2.51. The number of amides is 1. The van der Waals surface area contributed by atoms with Crippen LogP contribution in [0.5, 0.6) is 5.75 Å². The number of benzene rings is 2. The molecular formula is C21H21FN2O3. The quantitative estimate of drug-likeness (QED) is 0.851. The molecule has 1 heterocycles. The Hall–Kier alpha value is -2.91. The second-order valence-corrected chi connectivity index (χ2v) is 6.46. The number of carbonyl (C=O) groups is 1. The highest BCUT2D eigenvalue weighted by Gasteiger charge is 2.28. The summed E-state index contributed by atoms with van der Waals surface area (Å²) in [5.41, 5.74) is 1.48. The molecule has 1 fully saturated rings. The van der Waals surface area contributed by atoms with Crippen molar-refractivity contribution >= 4 is 5.91 Å². The molecule has 5 nitrogen and oxygen atoms in total. The van der Waals surface area contributed by atoms with Gasteiger partial charge < -0.3 is 14.8 Å². The maximum atomic E-state index is 12.9. The van der Waals surface area contributed by atoms with E-state index in [-0.39, 0.29) is 23.9 Å². The van der Waals surface area contributed by atoms with Crippen molar-refractivity contribution in [3.63, 3.8) is 0 Å². The van der Waals surface area contributed by atoms with Crippen LogP contribution in [0.15, 0.2) is 48.5 Å².